The number of halogens is 1. The van der Waals surface area contributed by atoms with Crippen LogP contribution < -0.4 is 5.73 Å². The molecule has 0 unspecified atom stereocenters. The summed E-state index contributed by atoms with van der Waals surface area (Å²) < 4.78 is 14.6. The van der Waals surface area contributed by atoms with Crippen LogP contribution in [0.15, 0.2) is 72.2 Å². The van der Waals surface area contributed by atoms with E-state index in [4.69, 9.17) is 5.73 Å². The molecule has 0 aromatic heterocycles. The maximum Gasteiger partial charge on any atom is 0.127 e. The Hall–Kier alpha value is -1.74. The van der Waals surface area contributed by atoms with Crippen molar-refractivity contribution in [3.8, 4) is 0 Å². The summed E-state index contributed by atoms with van der Waals surface area (Å²) in [7, 11) is 0. The standard InChI is InChI=1S/C23H30FNS/c1-2-22(20-9-4-3-5-10-20)23(24)16-13-19(17-25)8-6-7-18-11-14-21(26)15-12-18/h2-6,8-10,16-18,21,26H,7,11-15,25H2,1H3/b8-6-,19-17+,22-2-,23-16+. The van der Waals surface area contributed by atoms with Gasteiger partial charge < -0.3 is 5.73 Å². The fraction of sp³-hybridized carbons (Fsp3) is 0.391. The largest absolute Gasteiger partial charge is 0.404 e. The summed E-state index contributed by atoms with van der Waals surface area (Å²) in [5.41, 5.74) is 8.17. The van der Waals surface area contributed by atoms with Gasteiger partial charge in [0.15, 0.2) is 0 Å². The predicted octanol–water partition coefficient (Wildman–Crippen LogP) is 6.61. The van der Waals surface area contributed by atoms with Crippen LogP contribution >= 0.6 is 12.6 Å². The van der Waals surface area contributed by atoms with Crippen LogP contribution in [0.2, 0.25) is 0 Å². The second kappa shape index (κ2) is 11.1. The number of benzene rings is 1. The molecule has 1 aliphatic carbocycles. The number of nitrogens with two attached hydrogens (primary N) is 1. The third kappa shape index (κ3) is 6.53. The zero-order valence-electron chi connectivity index (χ0n) is 15.6. The van der Waals surface area contributed by atoms with Crippen molar-refractivity contribution in [1.29, 1.82) is 0 Å². The molecule has 26 heavy (non-hydrogen) atoms. The Morgan fingerprint density at radius 1 is 1.19 bits per heavy atom. The fourth-order valence-electron chi connectivity index (χ4n) is 3.36. The van der Waals surface area contributed by atoms with Gasteiger partial charge in [0.2, 0.25) is 0 Å². The highest BCUT2D eigenvalue weighted by molar-refractivity contribution is 7.80. The van der Waals surface area contributed by atoms with Crippen LogP contribution in [0, 0.1) is 5.92 Å². The molecule has 0 atom stereocenters. The van der Waals surface area contributed by atoms with Crippen LogP contribution in [0.3, 0.4) is 0 Å². The molecule has 1 saturated carbocycles. The molecule has 1 nitrogen and oxygen atoms in total. The SMILES string of the molecule is C/C=C(\C(F)=C/CC(/C=C\CC1CCC(S)CC1)=C/N)c1ccccc1. The van der Waals surface area contributed by atoms with E-state index in [1.807, 2.05) is 43.3 Å². The molecule has 3 heteroatoms. The molecule has 2 N–H and O–H groups in total. The Labute approximate surface area is 163 Å². The van der Waals surface area contributed by atoms with Gasteiger partial charge in [-0.2, -0.15) is 12.6 Å². The summed E-state index contributed by atoms with van der Waals surface area (Å²) in [6.45, 7) is 1.86. The maximum absolute atomic E-state index is 14.6. The zero-order valence-corrected chi connectivity index (χ0v) is 16.5. The van der Waals surface area contributed by atoms with E-state index in [0.29, 0.717) is 17.2 Å². The van der Waals surface area contributed by atoms with Crippen molar-refractivity contribution >= 4 is 18.2 Å². The summed E-state index contributed by atoms with van der Waals surface area (Å²) in [5, 5.41) is 0.577. The van der Waals surface area contributed by atoms with Gasteiger partial charge in [0, 0.05) is 10.8 Å². The third-order valence-electron chi connectivity index (χ3n) is 4.98. The normalized spacial score (nSPS) is 22.8. The van der Waals surface area contributed by atoms with Gasteiger partial charge >= 0.3 is 0 Å². The zero-order chi connectivity index (χ0) is 18.8. The molecule has 0 bridgehead atoms. The van der Waals surface area contributed by atoms with E-state index < -0.39 is 0 Å². The molecule has 0 spiro atoms. The number of thiol groups is 1. The highest BCUT2D eigenvalue weighted by Crippen LogP contribution is 2.30. The van der Waals surface area contributed by atoms with Crippen molar-refractivity contribution in [3.63, 3.8) is 0 Å². The van der Waals surface area contributed by atoms with Gasteiger partial charge in [-0.1, -0.05) is 48.6 Å². The Bertz CT molecular complexity index is 665. The van der Waals surface area contributed by atoms with Gasteiger partial charge in [-0.05, 0) is 74.8 Å². The van der Waals surface area contributed by atoms with E-state index in [9.17, 15) is 4.39 Å². The quantitative estimate of drug-likeness (QED) is 0.409. The van der Waals surface area contributed by atoms with Crippen molar-refractivity contribution in [2.75, 3.05) is 0 Å². The second-order valence-corrected chi connectivity index (χ2v) is 7.61. The third-order valence-corrected chi connectivity index (χ3v) is 5.50. The number of rotatable bonds is 7. The van der Waals surface area contributed by atoms with Crippen LogP contribution in [0.4, 0.5) is 4.39 Å². The average Bonchev–Trinajstić information content (AvgIpc) is 2.67. The number of hydrogen-bond donors (Lipinski definition) is 2. The predicted molar refractivity (Wildman–Crippen MR) is 115 cm³/mol. The molecule has 0 heterocycles. The highest BCUT2D eigenvalue weighted by atomic mass is 32.1. The molecule has 0 radical (unpaired) electrons. The summed E-state index contributed by atoms with van der Waals surface area (Å²) in [6, 6.07) is 9.60. The lowest BCUT2D eigenvalue weighted by Gasteiger charge is -2.24. The van der Waals surface area contributed by atoms with Gasteiger partial charge in [0.25, 0.3) is 0 Å². The van der Waals surface area contributed by atoms with Crippen molar-refractivity contribution < 1.29 is 4.39 Å². The van der Waals surface area contributed by atoms with Crippen LogP contribution in [0.25, 0.3) is 5.57 Å². The Balaban J connectivity index is 1.90. The van der Waals surface area contributed by atoms with Gasteiger partial charge in [-0.3, -0.25) is 0 Å². The first-order valence-corrected chi connectivity index (χ1v) is 9.98. The van der Waals surface area contributed by atoms with E-state index in [1.54, 1.807) is 18.4 Å². The molecule has 2 rings (SSSR count). The molecule has 0 saturated heterocycles. The van der Waals surface area contributed by atoms with E-state index in [0.717, 1.165) is 23.5 Å². The van der Waals surface area contributed by atoms with E-state index in [2.05, 4.69) is 18.7 Å². The lowest BCUT2D eigenvalue weighted by Crippen LogP contribution is -2.13. The average molecular weight is 372 g/mol. The van der Waals surface area contributed by atoms with Crippen molar-refractivity contribution in [3.05, 3.63) is 77.8 Å². The van der Waals surface area contributed by atoms with Gasteiger partial charge in [0.1, 0.15) is 5.83 Å². The van der Waals surface area contributed by atoms with Gasteiger partial charge in [-0.15, -0.1) is 0 Å². The molecule has 1 aromatic rings. The number of hydrogen-bond acceptors (Lipinski definition) is 2. The van der Waals surface area contributed by atoms with Crippen molar-refractivity contribution in [2.45, 2.75) is 50.7 Å². The smallest absolute Gasteiger partial charge is 0.127 e. The lowest BCUT2D eigenvalue weighted by molar-refractivity contribution is 0.369. The summed E-state index contributed by atoms with van der Waals surface area (Å²) in [6.07, 6.45) is 15.7. The fourth-order valence-corrected chi connectivity index (χ4v) is 3.66. The minimum absolute atomic E-state index is 0.210. The molecule has 0 aliphatic heterocycles. The molecular formula is C23H30FNS. The lowest BCUT2D eigenvalue weighted by atomic mass is 9.86. The molecule has 140 valence electrons. The van der Waals surface area contributed by atoms with Crippen LogP contribution in [0.5, 0.6) is 0 Å². The summed E-state index contributed by atoms with van der Waals surface area (Å²) in [4.78, 5) is 0. The van der Waals surface area contributed by atoms with Gasteiger partial charge in [-0.25, -0.2) is 4.39 Å². The Morgan fingerprint density at radius 2 is 1.88 bits per heavy atom. The molecule has 1 aliphatic rings. The van der Waals surface area contributed by atoms with E-state index >= 15 is 0 Å². The maximum atomic E-state index is 14.6. The Kier molecular flexibility index (Phi) is 8.76. The minimum Gasteiger partial charge on any atom is -0.404 e. The highest BCUT2D eigenvalue weighted by Gasteiger charge is 2.17. The molecule has 1 aromatic carbocycles. The van der Waals surface area contributed by atoms with E-state index in [1.165, 1.54) is 25.7 Å². The van der Waals surface area contributed by atoms with Gasteiger partial charge in [0.05, 0.1) is 0 Å². The van der Waals surface area contributed by atoms with Crippen molar-refractivity contribution in [2.24, 2.45) is 11.7 Å². The second-order valence-electron chi connectivity index (χ2n) is 6.88. The summed E-state index contributed by atoms with van der Waals surface area (Å²) >= 11 is 4.55. The monoisotopic (exact) mass is 371 g/mol. The topological polar surface area (TPSA) is 26.0 Å². The van der Waals surface area contributed by atoms with Crippen molar-refractivity contribution in [1.82, 2.24) is 0 Å². The first-order chi connectivity index (χ1) is 12.6. The number of allylic oxidation sites excluding steroid dienone is 7. The first-order valence-electron chi connectivity index (χ1n) is 9.47. The Morgan fingerprint density at radius 3 is 2.50 bits per heavy atom. The van der Waals surface area contributed by atoms with Crippen LogP contribution in [-0.4, -0.2) is 5.25 Å². The molecular weight excluding hydrogens is 341 g/mol. The minimum atomic E-state index is -0.210. The molecule has 0 amide bonds. The van der Waals surface area contributed by atoms with Crippen LogP contribution in [-0.2, 0) is 0 Å². The molecule has 1 fully saturated rings. The van der Waals surface area contributed by atoms with Crippen LogP contribution in [0.1, 0.15) is 51.0 Å². The first kappa shape index (κ1) is 20.6. The summed E-state index contributed by atoms with van der Waals surface area (Å²) in [5.74, 6) is 0.534. The van der Waals surface area contributed by atoms with E-state index in [-0.39, 0.29) is 5.83 Å².